The third-order valence-corrected chi connectivity index (χ3v) is 3.96. The highest BCUT2D eigenvalue weighted by Gasteiger charge is 2.76. The van der Waals surface area contributed by atoms with Crippen molar-refractivity contribution in [2.45, 2.75) is 55.9 Å². The van der Waals surface area contributed by atoms with Gasteiger partial charge < -0.3 is 5.32 Å². The number of nitrogens with zero attached hydrogens (tertiary/aromatic N) is 2. The first-order chi connectivity index (χ1) is 12.6. The Morgan fingerprint density at radius 1 is 1.07 bits per heavy atom. The Kier molecular flexibility index (Phi) is 5.65. The Morgan fingerprint density at radius 2 is 1.64 bits per heavy atom. The molecule has 0 bridgehead atoms. The molecule has 0 unspecified atom stereocenters. The average Bonchev–Trinajstić information content (AvgIpc) is 3.28. The molecule has 1 heterocycles. The van der Waals surface area contributed by atoms with Crippen LogP contribution in [-0.4, -0.2) is 40.3 Å². The van der Waals surface area contributed by atoms with E-state index < -0.39 is 42.3 Å². The van der Waals surface area contributed by atoms with Crippen LogP contribution in [0.15, 0.2) is 6.07 Å². The van der Waals surface area contributed by atoms with Crippen molar-refractivity contribution in [3.63, 3.8) is 0 Å². The van der Waals surface area contributed by atoms with Gasteiger partial charge in [0.15, 0.2) is 5.69 Å². The Hall–Kier alpha value is -2.02. The number of hydrogen-bond acceptors (Lipinski definition) is 2. The summed E-state index contributed by atoms with van der Waals surface area (Å²) in [6.45, 7) is -1.06. The number of aromatic nitrogens is 2. The number of nitrogens with one attached hydrogen (secondary N) is 1. The molecule has 0 aliphatic heterocycles. The lowest BCUT2D eigenvalue weighted by atomic mass is 10.1. The second-order valence-electron chi connectivity index (χ2n) is 6.21. The molecule has 1 fully saturated rings. The lowest BCUT2D eigenvalue weighted by Gasteiger charge is -2.27. The lowest BCUT2D eigenvalue weighted by molar-refractivity contribution is -0.344. The summed E-state index contributed by atoms with van der Waals surface area (Å²) in [5, 5.41) is 4.58. The molecule has 2 rings (SSSR count). The number of alkyl halides is 10. The monoisotopic (exact) mass is 429 g/mol. The van der Waals surface area contributed by atoms with Crippen molar-refractivity contribution in [3.8, 4) is 0 Å². The normalized spacial score (nSPS) is 16.4. The molecule has 1 aromatic heterocycles. The van der Waals surface area contributed by atoms with Gasteiger partial charge in [0.1, 0.15) is 0 Å². The second kappa shape index (κ2) is 7.10. The number of carbonyl (C=O) groups excluding carboxylic acids is 1. The molecule has 4 nitrogen and oxygen atoms in total. The largest absolute Gasteiger partial charge is 0.460 e. The summed E-state index contributed by atoms with van der Waals surface area (Å²) < 4.78 is 127. The molecule has 1 amide bonds. The van der Waals surface area contributed by atoms with Gasteiger partial charge in [0.2, 0.25) is 0 Å². The minimum atomic E-state index is -6.64. The van der Waals surface area contributed by atoms with Crippen molar-refractivity contribution < 1.29 is 48.7 Å². The molecular weight excluding hydrogens is 416 g/mol. The van der Waals surface area contributed by atoms with E-state index >= 15 is 0 Å². The number of aryl methyl sites for hydroxylation is 1. The minimum absolute atomic E-state index is 0.159. The summed E-state index contributed by atoms with van der Waals surface area (Å²) >= 11 is 0. The van der Waals surface area contributed by atoms with E-state index in [1.165, 1.54) is 5.32 Å². The maximum absolute atomic E-state index is 13.1. The zero-order valence-corrected chi connectivity index (χ0v) is 13.8. The Balaban J connectivity index is 1.96. The quantitative estimate of drug-likeness (QED) is 0.524. The molecule has 1 aromatic rings. The van der Waals surface area contributed by atoms with Crippen molar-refractivity contribution in [3.05, 3.63) is 17.5 Å². The van der Waals surface area contributed by atoms with Crippen molar-refractivity contribution in [1.29, 1.82) is 0 Å². The summed E-state index contributed by atoms with van der Waals surface area (Å²) in [6.07, 6.45) is -10.4. The van der Waals surface area contributed by atoms with Crippen LogP contribution in [0, 0.1) is 0 Å². The summed E-state index contributed by atoms with van der Waals surface area (Å²) in [6, 6.07) is 0.828. The predicted molar refractivity (Wildman–Crippen MR) is 72.8 cm³/mol. The van der Waals surface area contributed by atoms with Gasteiger partial charge in [0.25, 0.3) is 5.91 Å². The van der Waals surface area contributed by atoms with Crippen molar-refractivity contribution in [1.82, 2.24) is 15.1 Å². The number of halogens is 10. The van der Waals surface area contributed by atoms with Gasteiger partial charge in [0.05, 0.1) is 0 Å². The number of amides is 1. The van der Waals surface area contributed by atoms with E-state index in [2.05, 4.69) is 5.10 Å². The highest BCUT2D eigenvalue weighted by atomic mass is 19.4. The molecule has 160 valence electrons. The van der Waals surface area contributed by atoms with Crippen LogP contribution in [0.1, 0.15) is 36.6 Å². The first kappa shape index (κ1) is 22.3. The second-order valence-corrected chi connectivity index (χ2v) is 6.21. The first-order valence-electron chi connectivity index (χ1n) is 7.84. The zero-order chi connectivity index (χ0) is 21.5. The molecular formula is C14H13F10N3O. The third kappa shape index (κ3) is 4.35. The lowest BCUT2D eigenvalue weighted by Crippen LogP contribution is -2.59. The Morgan fingerprint density at radius 3 is 2.11 bits per heavy atom. The van der Waals surface area contributed by atoms with Gasteiger partial charge in [0, 0.05) is 24.7 Å². The van der Waals surface area contributed by atoms with Crippen LogP contribution in [0.3, 0.4) is 0 Å². The van der Waals surface area contributed by atoms with Gasteiger partial charge in [-0.2, -0.15) is 49.0 Å². The molecule has 1 aliphatic carbocycles. The molecule has 28 heavy (non-hydrogen) atoms. The molecule has 0 aromatic carbocycles. The molecule has 0 spiro atoms. The molecule has 1 N–H and O–H groups in total. The van der Waals surface area contributed by atoms with E-state index in [0.29, 0.717) is 12.8 Å². The molecule has 0 saturated heterocycles. The van der Waals surface area contributed by atoms with E-state index in [1.54, 1.807) is 0 Å². The van der Waals surface area contributed by atoms with Crippen LogP contribution in [0.25, 0.3) is 0 Å². The zero-order valence-electron chi connectivity index (χ0n) is 13.8. The highest BCUT2D eigenvalue weighted by Crippen LogP contribution is 2.46. The Labute approximate surface area is 150 Å². The van der Waals surface area contributed by atoms with Crippen molar-refractivity contribution in [2.75, 3.05) is 6.54 Å². The fourth-order valence-corrected chi connectivity index (χ4v) is 2.32. The van der Waals surface area contributed by atoms with Gasteiger partial charge in [-0.05, 0) is 25.3 Å². The smallest absolute Gasteiger partial charge is 0.351 e. The van der Waals surface area contributed by atoms with Gasteiger partial charge in [-0.1, -0.05) is 0 Å². The number of hydrogen-bond donors (Lipinski definition) is 1. The van der Waals surface area contributed by atoms with Gasteiger partial charge in [-0.15, -0.1) is 0 Å². The topological polar surface area (TPSA) is 46.9 Å². The van der Waals surface area contributed by atoms with E-state index in [0.717, 1.165) is 10.7 Å². The van der Waals surface area contributed by atoms with Crippen LogP contribution in [0.2, 0.25) is 0 Å². The molecule has 14 heteroatoms. The summed E-state index contributed by atoms with van der Waals surface area (Å²) in [5.74, 6) is -15.6. The van der Waals surface area contributed by atoms with Crippen LogP contribution >= 0.6 is 0 Å². The van der Waals surface area contributed by atoms with E-state index in [9.17, 15) is 48.7 Å². The maximum Gasteiger partial charge on any atom is 0.460 e. The molecule has 0 atom stereocenters. The predicted octanol–water partition coefficient (Wildman–Crippen LogP) is 4.12. The molecule has 1 saturated carbocycles. The minimum Gasteiger partial charge on any atom is -0.351 e. The van der Waals surface area contributed by atoms with Crippen LogP contribution in [0.5, 0.6) is 0 Å². The van der Waals surface area contributed by atoms with Gasteiger partial charge >= 0.3 is 24.2 Å². The van der Waals surface area contributed by atoms with Crippen LogP contribution in [-0.2, 0) is 17.5 Å². The fraction of sp³-hybridized carbons (Fsp3) is 0.714. The van der Waals surface area contributed by atoms with Crippen molar-refractivity contribution >= 4 is 5.91 Å². The van der Waals surface area contributed by atoms with Crippen LogP contribution < -0.4 is 5.32 Å². The van der Waals surface area contributed by atoms with E-state index in [-0.39, 0.29) is 24.6 Å². The highest BCUT2D eigenvalue weighted by molar-refractivity contribution is 5.84. The van der Waals surface area contributed by atoms with Crippen LogP contribution in [0.4, 0.5) is 43.9 Å². The molecule has 0 radical (unpaired) electrons. The third-order valence-electron chi connectivity index (χ3n) is 3.96. The van der Waals surface area contributed by atoms with E-state index in [1.807, 2.05) is 0 Å². The Bertz CT molecular complexity index is 718. The van der Waals surface area contributed by atoms with Gasteiger partial charge in [-0.3, -0.25) is 9.48 Å². The SMILES string of the molecule is O=C(NCCCn1nc(C(F)(F)F)cc1C1CC1)C(F)(F)C(F)(F)C(F)(F)F. The summed E-state index contributed by atoms with van der Waals surface area (Å²) in [5.41, 5.74) is -0.928. The summed E-state index contributed by atoms with van der Waals surface area (Å²) in [4.78, 5) is 11.1. The van der Waals surface area contributed by atoms with Crippen molar-refractivity contribution in [2.24, 2.45) is 0 Å². The van der Waals surface area contributed by atoms with Gasteiger partial charge in [-0.25, -0.2) is 0 Å². The number of carbonyl (C=O) groups is 1. The maximum atomic E-state index is 13.1. The average molecular weight is 429 g/mol. The number of rotatable bonds is 7. The summed E-state index contributed by atoms with van der Waals surface area (Å²) in [7, 11) is 0. The van der Waals surface area contributed by atoms with E-state index in [4.69, 9.17) is 0 Å². The molecule has 1 aliphatic rings. The fourth-order valence-electron chi connectivity index (χ4n) is 2.32. The standard InChI is InChI=1S/C14H13F10N3O/c15-11(16,13(20,21)14(22,23)24)10(28)25-4-1-5-27-8(7-2-3-7)6-9(26-27)12(17,18)19/h6-7H,1-5H2,(H,25,28). The first-order valence-corrected chi connectivity index (χ1v) is 7.84.